The Bertz CT molecular complexity index is 772. The van der Waals surface area contributed by atoms with Crippen LogP contribution in [0.4, 0.5) is 14.5 Å². The van der Waals surface area contributed by atoms with Crippen LogP contribution in [0.1, 0.15) is 24.0 Å². The number of hydrogen-bond donors (Lipinski definition) is 2. The number of nitrogens with zero attached hydrogens (tertiary/aromatic N) is 3. The minimum atomic E-state index is -0.519. The third-order valence-electron chi connectivity index (χ3n) is 4.43. The molecule has 0 amide bonds. The van der Waals surface area contributed by atoms with Gasteiger partial charge in [-0.3, -0.25) is 4.99 Å². The van der Waals surface area contributed by atoms with E-state index in [0.29, 0.717) is 19.6 Å². The molecular weight excluding hydrogens is 368 g/mol. The van der Waals surface area contributed by atoms with Gasteiger partial charge in [-0.2, -0.15) is 0 Å². The lowest BCUT2D eigenvalue weighted by atomic mass is 10.2. The number of benzene rings is 1. The molecule has 27 heavy (non-hydrogen) atoms. The zero-order valence-corrected chi connectivity index (χ0v) is 16.5. The van der Waals surface area contributed by atoms with E-state index in [1.165, 1.54) is 18.2 Å². The van der Waals surface area contributed by atoms with Crippen molar-refractivity contribution < 1.29 is 8.78 Å². The molecule has 0 aliphatic carbocycles. The Morgan fingerprint density at radius 3 is 2.81 bits per heavy atom. The molecular formula is C19H25F2N5S. The van der Waals surface area contributed by atoms with Crippen LogP contribution in [-0.2, 0) is 6.42 Å². The first kappa shape index (κ1) is 19.5. The van der Waals surface area contributed by atoms with Gasteiger partial charge in [0.15, 0.2) is 5.96 Å². The Labute approximate surface area is 162 Å². The van der Waals surface area contributed by atoms with Gasteiger partial charge < -0.3 is 15.5 Å². The highest BCUT2D eigenvalue weighted by Crippen LogP contribution is 2.26. The molecule has 0 radical (unpaired) electrons. The number of guanidine groups is 1. The molecule has 0 spiro atoms. The topological polar surface area (TPSA) is 52.6 Å². The summed E-state index contributed by atoms with van der Waals surface area (Å²) in [6, 6.07) is 4.07. The standard InChI is InChI=1S/C19H25F2N5S/c1-3-22-19(23-9-7-15-12-27-13(2)24-15)25-14-8-10-26(11-14)18-16(20)5-4-6-17(18)21/h4-6,12,14H,3,7-11H2,1-2H3,(H2,22,23,25). The van der Waals surface area contributed by atoms with Crippen LogP contribution in [0, 0.1) is 18.6 Å². The smallest absolute Gasteiger partial charge is 0.191 e. The van der Waals surface area contributed by atoms with Crippen LogP contribution >= 0.6 is 11.3 Å². The average Bonchev–Trinajstić information content (AvgIpc) is 3.24. The van der Waals surface area contributed by atoms with E-state index in [4.69, 9.17) is 0 Å². The van der Waals surface area contributed by atoms with E-state index in [0.717, 1.165) is 36.0 Å². The second-order valence-electron chi connectivity index (χ2n) is 6.51. The fourth-order valence-corrected chi connectivity index (χ4v) is 3.84. The number of thiazole rings is 1. The Kier molecular flexibility index (Phi) is 6.60. The fourth-order valence-electron chi connectivity index (χ4n) is 3.19. The Balaban J connectivity index is 1.57. The average molecular weight is 394 g/mol. The number of aryl methyl sites for hydroxylation is 1. The van der Waals surface area contributed by atoms with Gasteiger partial charge >= 0.3 is 0 Å². The number of rotatable bonds is 6. The van der Waals surface area contributed by atoms with Crippen LogP contribution in [-0.4, -0.2) is 43.2 Å². The lowest BCUT2D eigenvalue weighted by Gasteiger charge is -2.21. The van der Waals surface area contributed by atoms with Crippen molar-refractivity contribution in [2.45, 2.75) is 32.7 Å². The van der Waals surface area contributed by atoms with Crippen molar-refractivity contribution in [2.24, 2.45) is 4.99 Å². The lowest BCUT2D eigenvalue weighted by molar-refractivity contribution is 0.576. The summed E-state index contributed by atoms with van der Waals surface area (Å²) in [5.74, 6) is -0.310. The number of aliphatic imine (C=N–C) groups is 1. The van der Waals surface area contributed by atoms with E-state index < -0.39 is 11.6 Å². The summed E-state index contributed by atoms with van der Waals surface area (Å²) in [5.41, 5.74) is 1.11. The van der Waals surface area contributed by atoms with Crippen molar-refractivity contribution in [3.63, 3.8) is 0 Å². The molecule has 3 rings (SSSR count). The first-order chi connectivity index (χ1) is 13.1. The van der Waals surface area contributed by atoms with E-state index >= 15 is 0 Å². The molecule has 8 heteroatoms. The van der Waals surface area contributed by atoms with Crippen LogP contribution < -0.4 is 15.5 Å². The molecule has 2 aromatic rings. The molecule has 1 fully saturated rings. The molecule has 0 saturated carbocycles. The minimum Gasteiger partial charge on any atom is -0.365 e. The van der Waals surface area contributed by atoms with Crippen LogP contribution in [0.5, 0.6) is 0 Å². The first-order valence-corrected chi connectivity index (χ1v) is 10.1. The van der Waals surface area contributed by atoms with Gasteiger partial charge in [-0.05, 0) is 32.4 Å². The molecule has 2 heterocycles. The molecule has 1 aliphatic rings. The Morgan fingerprint density at radius 1 is 1.37 bits per heavy atom. The van der Waals surface area contributed by atoms with E-state index in [9.17, 15) is 8.78 Å². The van der Waals surface area contributed by atoms with Crippen molar-refractivity contribution in [1.82, 2.24) is 15.6 Å². The normalized spacial score (nSPS) is 17.4. The van der Waals surface area contributed by atoms with Crippen molar-refractivity contribution in [3.8, 4) is 0 Å². The molecule has 1 unspecified atom stereocenters. The molecule has 1 aromatic heterocycles. The Morgan fingerprint density at radius 2 is 2.15 bits per heavy atom. The van der Waals surface area contributed by atoms with Gasteiger partial charge in [0.1, 0.15) is 17.3 Å². The molecule has 0 bridgehead atoms. The largest absolute Gasteiger partial charge is 0.365 e. The summed E-state index contributed by atoms with van der Waals surface area (Å²) in [6.45, 7) is 6.53. The quantitative estimate of drug-likeness (QED) is 0.585. The summed E-state index contributed by atoms with van der Waals surface area (Å²) in [7, 11) is 0. The van der Waals surface area contributed by atoms with Gasteiger partial charge in [0.05, 0.1) is 10.7 Å². The highest BCUT2D eigenvalue weighted by molar-refractivity contribution is 7.09. The highest BCUT2D eigenvalue weighted by Gasteiger charge is 2.27. The number of nitrogens with one attached hydrogen (secondary N) is 2. The molecule has 146 valence electrons. The van der Waals surface area contributed by atoms with Gasteiger partial charge in [0, 0.05) is 44.0 Å². The number of aromatic nitrogens is 1. The maximum absolute atomic E-state index is 14.0. The van der Waals surface area contributed by atoms with Crippen molar-refractivity contribution >= 4 is 23.0 Å². The van der Waals surface area contributed by atoms with E-state index in [1.807, 2.05) is 13.8 Å². The molecule has 5 nitrogen and oxygen atoms in total. The number of hydrogen-bond acceptors (Lipinski definition) is 4. The second-order valence-corrected chi connectivity index (χ2v) is 7.58. The predicted octanol–water partition coefficient (Wildman–Crippen LogP) is 3.11. The molecule has 1 aromatic carbocycles. The monoisotopic (exact) mass is 393 g/mol. The van der Waals surface area contributed by atoms with Crippen LogP contribution in [0.3, 0.4) is 0 Å². The Hall–Kier alpha value is -2.22. The van der Waals surface area contributed by atoms with E-state index in [1.54, 1.807) is 16.2 Å². The molecule has 1 atom stereocenters. The predicted molar refractivity (Wildman–Crippen MR) is 107 cm³/mol. The minimum absolute atomic E-state index is 0.0580. The lowest BCUT2D eigenvalue weighted by Crippen LogP contribution is -2.44. The molecule has 1 aliphatic heterocycles. The van der Waals surface area contributed by atoms with Crippen LogP contribution in [0.25, 0.3) is 0 Å². The van der Waals surface area contributed by atoms with Gasteiger partial charge in [-0.25, -0.2) is 13.8 Å². The molecule has 2 N–H and O–H groups in total. The summed E-state index contributed by atoms with van der Waals surface area (Å²) >= 11 is 1.64. The maximum Gasteiger partial charge on any atom is 0.191 e. The van der Waals surface area contributed by atoms with Crippen LogP contribution in [0.2, 0.25) is 0 Å². The van der Waals surface area contributed by atoms with Crippen molar-refractivity contribution in [2.75, 3.05) is 31.1 Å². The van der Waals surface area contributed by atoms with Gasteiger partial charge in [-0.1, -0.05) is 6.07 Å². The third kappa shape index (κ3) is 5.15. The SMILES string of the molecule is CCNC(=NCCc1csc(C)n1)NC1CCN(c2c(F)cccc2F)C1. The number of anilines is 1. The summed E-state index contributed by atoms with van der Waals surface area (Å²) in [4.78, 5) is 10.8. The molecule has 1 saturated heterocycles. The highest BCUT2D eigenvalue weighted by atomic mass is 32.1. The van der Waals surface area contributed by atoms with Gasteiger partial charge in [0.2, 0.25) is 0 Å². The summed E-state index contributed by atoms with van der Waals surface area (Å²) < 4.78 is 28.0. The summed E-state index contributed by atoms with van der Waals surface area (Å²) in [5, 5.41) is 9.73. The van der Waals surface area contributed by atoms with Crippen molar-refractivity contribution in [3.05, 3.63) is 45.9 Å². The number of halogens is 2. The zero-order valence-electron chi connectivity index (χ0n) is 15.6. The van der Waals surface area contributed by atoms with Crippen molar-refractivity contribution in [1.29, 1.82) is 0 Å². The first-order valence-electron chi connectivity index (χ1n) is 9.21. The third-order valence-corrected chi connectivity index (χ3v) is 5.25. The number of para-hydroxylation sites is 1. The zero-order chi connectivity index (χ0) is 19.2. The maximum atomic E-state index is 14.0. The van der Waals surface area contributed by atoms with Gasteiger partial charge in [-0.15, -0.1) is 11.3 Å². The second kappa shape index (κ2) is 9.12. The van der Waals surface area contributed by atoms with Crippen LogP contribution in [0.15, 0.2) is 28.6 Å². The van der Waals surface area contributed by atoms with E-state index in [2.05, 4.69) is 26.0 Å². The van der Waals surface area contributed by atoms with E-state index in [-0.39, 0.29) is 11.7 Å². The van der Waals surface area contributed by atoms with Gasteiger partial charge in [0.25, 0.3) is 0 Å². The fraction of sp³-hybridized carbons (Fsp3) is 0.474. The summed E-state index contributed by atoms with van der Waals surface area (Å²) in [6.07, 6.45) is 1.58.